The summed E-state index contributed by atoms with van der Waals surface area (Å²) in [6, 6.07) is 0. The van der Waals surface area contributed by atoms with Crippen LogP contribution in [0.3, 0.4) is 0 Å². The van der Waals surface area contributed by atoms with Crippen LogP contribution in [0, 0.1) is 0 Å². The van der Waals surface area contributed by atoms with E-state index in [2.05, 4.69) is 17.3 Å². The molecule has 0 bridgehead atoms. The van der Waals surface area contributed by atoms with Crippen LogP contribution in [0.4, 0.5) is 0 Å². The third kappa shape index (κ3) is 6.94. The molecule has 0 aliphatic carbocycles. The molecule has 1 aliphatic heterocycles. The van der Waals surface area contributed by atoms with Gasteiger partial charge in [0.2, 0.25) is 11.8 Å². The highest BCUT2D eigenvalue weighted by Gasteiger charge is 2.18. The Morgan fingerprint density at radius 1 is 1.12 bits per heavy atom. The number of likely N-dealkylation sites (N-methyl/N-ethyl adjacent to an activating group) is 1. The fraction of sp³-hybridized carbons (Fsp3) is 0.833. The predicted molar refractivity (Wildman–Crippen MR) is 68.7 cm³/mol. The summed E-state index contributed by atoms with van der Waals surface area (Å²) < 4.78 is 0. The highest BCUT2D eigenvalue weighted by atomic mass is 16.2. The van der Waals surface area contributed by atoms with E-state index < -0.39 is 0 Å². The first-order valence-corrected chi connectivity index (χ1v) is 6.30. The summed E-state index contributed by atoms with van der Waals surface area (Å²) in [7, 11) is 2.05. The molecule has 0 aromatic rings. The second kappa shape index (κ2) is 8.98. The molecule has 1 saturated heterocycles. The summed E-state index contributed by atoms with van der Waals surface area (Å²) in [5.41, 5.74) is 0. The number of hydrogen-bond donors (Lipinski definition) is 1. The molecule has 0 aromatic carbocycles. The lowest BCUT2D eigenvalue weighted by Gasteiger charge is -2.32. The summed E-state index contributed by atoms with van der Waals surface area (Å²) in [5.74, 6) is 0.0537. The third-order valence-corrected chi connectivity index (χ3v) is 2.57. The van der Waals surface area contributed by atoms with Crippen molar-refractivity contribution in [2.24, 2.45) is 0 Å². The normalized spacial score (nSPS) is 15.9. The van der Waals surface area contributed by atoms with Gasteiger partial charge in [0.25, 0.3) is 0 Å². The number of amides is 2. The number of carbonyl (C=O) groups is 2. The van der Waals surface area contributed by atoms with Crippen LogP contribution in [0.25, 0.3) is 0 Å². The maximum absolute atomic E-state index is 11.6. The maximum Gasteiger partial charge on any atom is 0.224 e. The molecule has 1 heterocycles. The smallest absolute Gasteiger partial charge is 0.224 e. The van der Waals surface area contributed by atoms with Crippen molar-refractivity contribution in [3.63, 3.8) is 0 Å². The molecule has 100 valence electrons. The summed E-state index contributed by atoms with van der Waals surface area (Å²) in [5, 5.41) is 2.63. The molecule has 1 fully saturated rings. The Morgan fingerprint density at radius 3 is 2.12 bits per heavy atom. The van der Waals surface area contributed by atoms with Crippen molar-refractivity contribution in [2.75, 3.05) is 39.8 Å². The van der Waals surface area contributed by atoms with Gasteiger partial charge in [-0.2, -0.15) is 0 Å². The molecule has 2 amide bonds. The molecule has 0 radical (unpaired) electrons. The van der Waals surface area contributed by atoms with Crippen molar-refractivity contribution in [1.29, 1.82) is 0 Å². The largest absolute Gasteiger partial charge is 0.356 e. The zero-order chi connectivity index (χ0) is 13.3. The Balaban J connectivity index is 0.00000121. The number of piperazine rings is 1. The van der Waals surface area contributed by atoms with E-state index in [4.69, 9.17) is 0 Å². The molecule has 5 nitrogen and oxygen atoms in total. The average molecular weight is 243 g/mol. The van der Waals surface area contributed by atoms with Crippen molar-refractivity contribution in [2.45, 2.75) is 27.2 Å². The Hall–Kier alpha value is -1.10. The van der Waals surface area contributed by atoms with Gasteiger partial charge < -0.3 is 15.1 Å². The van der Waals surface area contributed by atoms with Crippen LogP contribution in [0.15, 0.2) is 0 Å². The predicted octanol–water partition coefficient (Wildman–Crippen LogP) is 0.313. The maximum atomic E-state index is 11.6. The summed E-state index contributed by atoms with van der Waals surface area (Å²) in [4.78, 5) is 26.3. The van der Waals surface area contributed by atoms with Crippen LogP contribution < -0.4 is 5.32 Å². The number of carbonyl (C=O) groups excluding carboxylic acids is 2. The van der Waals surface area contributed by atoms with Crippen molar-refractivity contribution in [1.82, 2.24) is 15.1 Å². The number of nitrogens with zero attached hydrogens (tertiary/aromatic N) is 2. The van der Waals surface area contributed by atoms with E-state index in [0.29, 0.717) is 13.0 Å². The van der Waals surface area contributed by atoms with E-state index in [1.54, 1.807) is 0 Å². The minimum absolute atomic E-state index is 0.0822. The zero-order valence-electron chi connectivity index (χ0n) is 11.5. The van der Waals surface area contributed by atoms with Gasteiger partial charge in [-0.05, 0) is 7.05 Å². The molecule has 0 unspecified atom stereocenters. The van der Waals surface area contributed by atoms with Gasteiger partial charge in [-0.1, -0.05) is 13.8 Å². The Labute approximate surface area is 104 Å². The second-order valence-corrected chi connectivity index (χ2v) is 3.92. The first kappa shape index (κ1) is 15.9. The Bertz CT molecular complexity index is 236. The summed E-state index contributed by atoms with van der Waals surface area (Å²) >= 11 is 0. The number of hydrogen-bond acceptors (Lipinski definition) is 3. The molecule has 1 rings (SSSR count). The van der Waals surface area contributed by atoms with Crippen molar-refractivity contribution >= 4 is 11.8 Å². The minimum Gasteiger partial charge on any atom is -0.356 e. The van der Waals surface area contributed by atoms with E-state index in [0.717, 1.165) is 26.2 Å². The van der Waals surface area contributed by atoms with Crippen LogP contribution in [0.1, 0.15) is 27.2 Å². The van der Waals surface area contributed by atoms with Gasteiger partial charge in [-0.25, -0.2) is 0 Å². The Kier molecular flexibility index (Phi) is 8.40. The lowest BCUT2D eigenvalue weighted by Crippen LogP contribution is -2.47. The molecule has 17 heavy (non-hydrogen) atoms. The van der Waals surface area contributed by atoms with Gasteiger partial charge in [0.15, 0.2) is 0 Å². The van der Waals surface area contributed by atoms with Gasteiger partial charge in [0.05, 0.1) is 0 Å². The third-order valence-electron chi connectivity index (χ3n) is 2.57. The quantitative estimate of drug-likeness (QED) is 0.776. The van der Waals surface area contributed by atoms with Crippen LogP contribution in [0.5, 0.6) is 0 Å². The Morgan fingerprint density at radius 2 is 1.65 bits per heavy atom. The van der Waals surface area contributed by atoms with E-state index >= 15 is 0 Å². The van der Waals surface area contributed by atoms with Gasteiger partial charge in [-0.15, -0.1) is 0 Å². The molecule has 0 atom stereocenters. The molecule has 5 heteroatoms. The first-order valence-electron chi connectivity index (χ1n) is 6.30. The lowest BCUT2D eigenvalue weighted by molar-refractivity contribution is -0.132. The number of nitrogens with one attached hydrogen (secondary N) is 1. The molecule has 0 spiro atoms. The highest BCUT2D eigenvalue weighted by molar-refractivity contribution is 5.78. The van der Waals surface area contributed by atoms with E-state index in [9.17, 15) is 9.59 Å². The highest BCUT2D eigenvalue weighted by Crippen LogP contribution is 2.01. The van der Waals surface area contributed by atoms with Gasteiger partial charge >= 0.3 is 0 Å². The molecule has 1 N–H and O–H groups in total. The topological polar surface area (TPSA) is 52.7 Å². The molecule has 0 saturated carbocycles. The minimum atomic E-state index is -0.0822. The fourth-order valence-electron chi connectivity index (χ4n) is 1.56. The van der Waals surface area contributed by atoms with E-state index in [1.807, 2.05) is 18.7 Å². The van der Waals surface area contributed by atoms with E-state index in [1.165, 1.54) is 6.92 Å². The van der Waals surface area contributed by atoms with Gasteiger partial charge in [-0.3, -0.25) is 9.59 Å². The summed E-state index contributed by atoms with van der Waals surface area (Å²) in [6.07, 6.45) is 0.406. The van der Waals surface area contributed by atoms with Crippen LogP contribution in [-0.2, 0) is 9.59 Å². The van der Waals surface area contributed by atoms with Gasteiger partial charge in [0, 0.05) is 46.1 Å². The summed E-state index contributed by atoms with van der Waals surface area (Å²) in [6.45, 7) is 9.38. The van der Waals surface area contributed by atoms with Crippen LogP contribution in [0.2, 0.25) is 0 Å². The number of rotatable bonds is 3. The lowest BCUT2D eigenvalue weighted by atomic mass is 10.3. The second-order valence-electron chi connectivity index (χ2n) is 3.92. The van der Waals surface area contributed by atoms with Crippen LogP contribution in [-0.4, -0.2) is 61.4 Å². The fourth-order valence-corrected chi connectivity index (χ4v) is 1.56. The SMILES string of the molecule is CC.CC(=O)NCCC(=O)N1CCN(C)CC1. The molecule has 1 aliphatic rings. The van der Waals surface area contributed by atoms with Gasteiger partial charge in [0.1, 0.15) is 0 Å². The van der Waals surface area contributed by atoms with Crippen molar-refractivity contribution < 1.29 is 9.59 Å². The first-order chi connectivity index (χ1) is 8.09. The van der Waals surface area contributed by atoms with Crippen LogP contribution >= 0.6 is 0 Å². The standard InChI is InChI=1S/C10H19N3O2.C2H6/c1-9(14)11-4-3-10(15)13-7-5-12(2)6-8-13;1-2/h3-8H2,1-2H3,(H,11,14);1-2H3. The molecular formula is C12H25N3O2. The van der Waals surface area contributed by atoms with E-state index in [-0.39, 0.29) is 11.8 Å². The molecule has 0 aromatic heterocycles. The van der Waals surface area contributed by atoms with Crippen molar-refractivity contribution in [3.8, 4) is 0 Å². The molecular weight excluding hydrogens is 218 g/mol. The van der Waals surface area contributed by atoms with Crippen molar-refractivity contribution in [3.05, 3.63) is 0 Å². The monoisotopic (exact) mass is 243 g/mol. The average Bonchev–Trinajstić information content (AvgIpc) is 2.32. The zero-order valence-corrected chi connectivity index (χ0v) is 11.5.